The molecule has 306 valence electrons. The number of carbonyl (C=O) groups is 2. The van der Waals surface area contributed by atoms with E-state index < -0.39 is 10.0 Å². The maximum absolute atomic E-state index is 14.3. The van der Waals surface area contributed by atoms with Gasteiger partial charge in [0, 0.05) is 31.0 Å². The van der Waals surface area contributed by atoms with Gasteiger partial charge in [0.05, 0.1) is 25.8 Å². The molecule has 0 fully saturated rings. The molecule has 2 aliphatic heterocycles. The summed E-state index contributed by atoms with van der Waals surface area (Å²) in [4.78, 5) is 41.8. The molecule has 2 unspecified atom stereocenters. The molecule has 0 aliphatic carbocycles. The van der Waals surface area contributed by atoms with Crippen LogP contribution < -0.4 is 0 Å². The second-order valence-electron chi connectivity index (χ2n) is 17.6. The number of thiophene rings is 3. The van der Waals surface area contributed by atoms with Crippen LogP contribution >= 0.6 is 44.0 Å². The maximum atomic E-state index is 14.3. The number of unbranched alkanes of at least 4 members (excludes halogenated alkanes) is 11. The second kappa shape index (κ2) is 19.3. The Labute approximate surface area is 353 Å². The summed E-state index contributed by atoms with van der Waals surface area (Å²) in [6.45, 7) is 18.9. The van der Waals surface area contributed by atoms with Crippen LogP contribution in [-0.2, 0) is 11.8 Å². The van der Waals surface area contributed by atoms with Crippen LogP contribution in [0.15, 0.2) is 51.1 Å². The second-order valence-corrected chi connectivity index (χ2v) is 24.1. The van der Waals surface area contributed by atoms with E-state index in [0.717, 1.165) is 29.0 Å². The first kappa shape index (κ1) is 43.4. The molecule has 56 heavy (non-hydrogen) atoms. The summed E-state index contributed by atoms with van der Waals surface area (Å²) < 4.78 is 0. The topological polar surface area (TPSA) is 37.4 Å². The number of hydrogen-bond acceptors (Lipinski definition) is 5. The van der Waals surface area contributed by atoms with Crippen LogP contribution in [0.5, 0.6) is 0 Å². The van der Waals surface area contributed by atoms with Gasteiger partial charge in [-0.25, -0.2) is 0 Å². The molecule has 0 N–H and O–H groups in total. The number of nitrogens with zero attached hydrogens (tertiary/aromatic N) is 1. The summed E-state index contributed by atoms with van der Waals surface area (Å²) in [5, 5.41) is 0. The van der Waals surface area contributed by atoms with Crippen molar-refractivity contribution in [3.05, 3.63) is 62.8 Å². The van der Waals surface area contributed by atoms with E-state index in [2.05, 4.69) is 84.9 Å². The summed E-state index contributed by atoms with van der Waals surface area (Å²) in [5.74, 6) is 1.65. The first-order valence-electron chi connectivity index (χ1n) is 22.2. The molecule has 6 rings (SSSR count). The zero-order valence-corrected chi connectivity index (χ0v) is 39.1. The van der Waals surface area contributed by atoms with E-state index in [-0.39, 0.29) is 17.2 Å². The molecule has 0 radical (unpaired) electrons. The normalized spacial score (nSPS) is 18.0. The van der Waals surface area contributed by atoms with E-state index in [1.54, 1.807) is 21.1 Å². The number of imide groups is 1. The number of hydrogen-bond donors (Lipinski definition) is 0. The molecule has 3 nitrogen and oxygen atoms in total. The van der Waals surface area contributed by atoms with Gasteiger partial charge in [-0.15, -0.1) is 34.0 Å². The largest absolute Gasteiger partial charge is 0.274 e. The Hall–Kier alpha value is -2.19. The minimum atomic E-state index is -1.57. The molecular weight excluding hydrogens is 763 g/mol. The molecule has 2 atom stereocenters. The van der Waals surface area contributed by atoms with E-state index in [1.807, 2.05) is 29.6 Å². The quantitative estimate of drug-likeness (QED) is 0.0584. The molecule has 0 saturated carbocycles. The molecule has 2 amide bonds. The highest BCUT2D eigenvalue weighted by atomic mass is 32.3. The minimum absolute atomic E-state index is 0.0625. The predicted molar refractivity (Wildman–Crippen MR) is 247 cm³/mol. The fourth-order valence-electron chi connectivity index (χ4n) is 8.74. The number of carbonyl (C=O) groups excluding carboxylic acids is 2. The summed E-state index contributed by atoms with van der Waals surface area (Å²) >= 11 is 5.55. The van der Waals surface area contributed by atoms with Crippen molar-refractivity contribution in [3.8, 4) is 19.5 Å². The molecule has 0 spiro atoms. The zero-order chi connectivity index (χ0) is 40.0. The number of fused-ring (bicyclic) bond motifs is 4. The molecule has 0 bridgehead atoms. The van der Waals surface area contributed by atoms with Crippen LogP contribution in [0.2, 0.25) is 0 Å². The molecule has 5 heterocycles. The van der Waals surface area contributed by atoms with Gasteiger partial charge in [0.25, 0.3) is 11.8 Å². The van der Waals surface area contributed by atoms with Gasteiger partial charge in [-0.3, -0.25) is 14.5 Å². The lowest BCUT2D eigenvalue weighted by atomic mass is 9.95. The lowest BCUT2D eigenvalue weighted by Crippen LogP contribution is -2.31. The van der Waals surface area contributed by atoms with Crippen LogP contribution in [0.3, 0.4) is 0 Å². The zero-order valence-electron chi connectivity index (χ0n) is 35.9. The van der Waals surface area contributed by atoms with Crippen molar-refractivity contribution in [1.82, 2.24) is 4.90 Å². The molecule has 1 aromatic carbocycles. The Morgan fingerprint density at radius 3 is 1.88 bits per heavy atom. The Bertz CT molecular complexity index is 1940. The SMILES string of the molecule is CCCCCCCCCCCCN1C(=O)c2c(C)sc(-c3cc4c(s3)-c3sc(C(C)(C)C)cc3S4(CC(CC)CCCC)c3ccc(CCCC)cc3)c2C1=O. The number of aryl methyl sites for hydroxylation is 2. The highest BCUT2D eigenvalue weighted by Gasteiger charge is 2.47. The first-order chi connectivity index (χ1) is 27.0. The monoisotopic (exact) mass is 831 g/mol. The van der Waals surface area contributed by atoms with Crippen molar-refractivity contribution in [2.75, 3.05) is 12.3 Å². The number of benzene rings is 1. The van der Waals surface area contributed by atoms with Crippen molar-refractivity contribution in [2.45, 2.75) is 185 Å². The van der Waals surface area contributed by atoms with Gasteiger partial charge in [-0.2, -0.15) is 10.0 Å². The Balaban J connectivity index is 1.35. The third-order valence-electron chi connectivity index (χ3n) is 12.2. The van der Waals surface area contributed by atoms with Gasteiger partial charge < -0.3 is 0 Å². The average Bonchev–Trinajstić information content (AvgIpc) is 3.98. The van der Waals surface area contributed by atoms with Crippen molar-refractivity contribution >= 4 is 55.9 Å². The van der Waals surface area contributed by atoms with Crippen LogP contribution in [0.25, 0.3) is 19.5 Å². The van der Waals surface area contributed by atoms with Crippen molar-refractivity contribution < 1.29 is 9.59 Å². The van der Waals surface area contributed by atoms with E-state index >= 15 is 0 Å². The van der Waals surface area contributed by atoms with Gasteiger partial charge in [0.2, 0.25) is 0 Å². The van der Waals surface area contributed by atoms with E-state index in [9.17, 15) is 9.59 Å². The Morgan fingerprint density at radius 1 is 0.661 bits per heavy atom. The lowest BCUT2D eigenvalue weighted by Gasteiger charge is -2.41. The van der Waals surface area contributed by atoms with Crippen molar-refractivity contribution in [2.24, 2.45) is 5.92 Å². The Kier molecular flexibility index (Phi) is 14.9. The lowest BCUT2D eigenvalue weighted by molar-refractivity contribution is 0.0651. The molecule has 0 saturated heterocycles. The Morgan fingerprint density at radius 2 is 1.25 bits per heavy atom. The average molecular weight is 832 g/mol. The van der Waals surface area contributed by atoms with Crippen molar-refractivity contribution in [1.29, 1.82) is 0 Å². The van der Waals surface area contributed by atoms with Gasteiger partial charge in [-0.05, 0) is 84.4 Å². The molecule has 4 aromatic rings. The molecular formula is C49H69NO2S4. The number of amides is 2. The van der Waals surface area contributed by atoms with Crippen LogP contribution in [0.1, 0.15) is 187 Å². The van der Waals surface area contributed by atoms with Gasteiger partial charge >= 0.3 is 0 Å². The first-order valence-corrected chi connectivity index (χ1v) is 26.4. The summed E-state index contributed by atoms with van der Waals surface area (Å²) in [6.07, 6.45) is 20.9. The van der Waals surface area contributed by atoms with Crippen LogP contribution in [0, 0.1) is 12.8 Å². The van der Waals surface area contributed by atoms with E-state index in [0.29, 0.717) is 23.6 Å². The third-order valence-corrected chi connectivity index (χ3v) is 20.8. The fraction of sp³-hybridized carbons (Fsp3) is 0.592. The molecule has 2 aliphatic rings. The van der Waals surface area contributed by atoms with Gasteiger partial charge in [0.1, 0.15) is 0 Å². The smallest absolute Gasteiger partial charge is 0.263 e. The van der Waals surface area contributed by atoms with E-state index in [4.69, 9.17) is 0 Å². The number of rotatable bonds is 22. The highest BCUT2D eigenvalue weighted by molar-refractivity contribution is 8.34. The van der Waals surface area contributed by atoms with Gasteiger partial charge in [0.15, 0.2) is 0 Å². The van der Waals surface area contributed by atoms with Crippen LogP contribution in [-0.4, -0.2) is 29.0 Å². The minimum Gasteiger partial charge on any atom is -0.274 e. The fourth-order valence-corrected chi connectivity index (χ4v) is 18.2. The third kappa shape index (κ3) is 8.87. The molecule has 7 heteroatoms. The summed E-state index contributed by atoms with van der Waals surface area (Å²) in [7, 11) is -1.57. The molecule has 3 aromatic heterocycles. The van der Waals surface area contributed by atoms with E-state index in [1.165, 1.54) is 131 Å². The summed E-state index contributed by atoms with van der Waals surface area (Å²) in [5.41, 5.74) is 2.83. The van der Waals surface area contributed by atoms with Crippen molar-refractivity contribution in [3.63, 3.8) is 0 Å². The standard InChI is InChI=1S/C49H69NO2S4/c1-9-13-16-17-18-19-20-21-22-23-30-50-47(51)42-34(5)53-44(43(42)48(50)52)38-31-39-45(54-38)46-40(32-41(55-46)49(6,7)8)56(39,33-35(12-4)24-14-10-2)37-28-26-36(27-29-37)25-15-11-3/h26-29,31-32,35H,9-25,30,33H2,1-8H3. The predicted octanol–water partition coefficient (Wildman–Crippen LogP) is 16.5. The highest BCUT2D eigenvalue weighted by Crippen LogP contribution is 2.80. The maximum Gasteiger partial charge on any atom is 0.263 e. The van der Waals surface area contributed by atoms with Crippen LogP contribution in [0.4, 0.5) is 0 Å². The van der Waals surface area contributed by atoms with Gasteiger partial charge in [-0.1, -0.05) is 144 Å². The summed E-state index contributed by atoms with van der Waals surface area (Å²) in [6, 6.07) is 14.9.